The summed E-state index contributed by atoms with van der Waals surface area (Å²) >= 11 is 5.75. The molecule has 2 amide bonds. The average Bonchev–Trinajstić information content (AvgIpc) is 3.49. The summed E-state index contributed by atoms with van der Waals surface area (Å²) in [5, 5.41) is 0. The molecule has 1 aromatic rings. The molecule has 6 heteroatoms. The van der Waals surface area contributed by atoms with Gasteiger partial charge in [0.2, 0.25) is 5.91 Å². The molecule has 1 unspecified atom stereocenters. The first kappa shape index (κ1) is 18.1. The molecule has 2 aliphatic rings. The van der Waals surface area contributed by atoms with Gasteiger partial charge in [-0.15, -0.1) is 11.6 Å². The van der Waals surface area contributed by atoms with Gasteiger partial charge in [-0.3, -0.25) is 4.79 Å². The lowest BCUT2D eigenvalue weighted by molar-refractivity contribution is -0.132. The van der Waals surface area contributed by atoms with E-state index in [1.807, 2.05) is 40.1 Å². The number of halogens is 1. The van der Waals surface area contributed by atoms with Crippen LogP contribution >= 0.6 is 11.6 Å². The van der Waals surface area contributed by atoms with E-state index < -0.39 is 0 Å². The molecule has 1 atom stereocenters. The number of alkyl halides is 1. The molecule has 1 aliphatic carbocycles. The minimum absolute atomic E-state index is 0.00160. The summed E-state index contributed by atoms with van der Waals surface area (Å²) < 4.78 is 5.51. The zero-order valence-electron chi connectivity index (χ0n) is 14.4. The summed E-state index contributed by atoms with van der Waals surface area (Å²) in [5.41, 5.74) is 0.975. The molecule has 1 saturated carbocycles. The van der Waals surface area contributed by atoms with Crippen molar-refractivity contribution in [3.05, 3.63) is 35.9 Å². The van der Waals surface area contributed by atoms with Gasteiger partial charge < -0.3 is 14.5 Å². The third kappa shape index (κ3) is 4.88. The highest BCUT2D eigenvalue weighted by atomic mass is 35.5. The topological polar surface area (TPSA) is 49.9 Å². The molecule has 1 aliphatic heterocycles. The Balaban J connectivity index is 1.60. The normalized spacial score (nSPS) is 20.2. The SMILES string of the molecule is O=C(CCl)N1CCCCC1CN(C(=O)OCc1ccccc1)C1CC1. The van der Waals surface area contributed by atoms with Gasteiger partial charge >= 0.3 is 6.09 Å². The molecule has 25 heavy (non-hydrogen) atoms. The Morgan fingerprint density at radius 2 is 1.92 bits per heavy atom. The number of rotatable bonds is 6. The van der Waals surface area contributed by atoms with Gasteiger partial charge in [0.05, 0.1) is 0 Å². The molecule has 0 spiro atoms. The van der Waals surface area contributed by atoms with Gasteiger partial charge in [0.1, 0.15) is 12.5 Å². The van der Waals surface area contributed by atoms with E-state index >= 15 is 0 Å². The van der Waals surface area contributed by atoms with Crippen molar-refractivity contribution in [3.8, 4) is 0 Å². The molecule has 0 bridgehead atoms. The maximum atomic E-state index is 12.6. The van der Waals surface area contributed by atoms with Crippen LogP contribution in [0.2, 0.25) is 0 Å². The molecule has 0 aromatic heterocycles. The van der Waals surface area contributed by atoms with Crippen molar-refractivity contribution >= 4 is 23.6 Å². The second-order valence-electron chi connectivity index (χ2n) is 6.79. The lowest BCUT2D eigenvalue weighted by Gasteiger charge is -2.38. The summed E-state index contributed by atoms with van der Waals surface area (Å²) in [6, 6.07) is 9.97. The van der Waals surface area contributed by atoms with Crippen LogP contribution in [0.1, 0.15) is 37.7 Å². The van der Waals surface area contributed by atoms with E-state index in [1.54, 1.807) is 0 Å². The minimum atomic E-state index is -0.282. The van der Waals surface area contributed by atoms with Gasteiger partial charge in [-0.25, -0.2) is 4.79 Å². The highest BCUT2D eigenvalue weighted by Gasteiger charge is 2.37. The highest BCUT2D eigenvalue weighted by molar-refractivity contribution is 6.27. The second-order valence-corrected chi connectivity index (χ2v) is 7.06. The van der Waals surface area contributed by atoms with Crippen LogP contribution in [0.25, 0.3) is 0 Å². The summed E-state index contributed by atoms with van der Waals surface area (Å²) in [6.45, 7) is 1.55. The third-order valence-electron chi connectivity index (χ3n) is 4.90. The number of hydrogen-bond donors (Lipinski definition) is 0. The van der Waals surface area contributed by atoms with Crippen molar-refractivity contribution < 1.29 is 14.3 Å². The van der Waals surface area contributed by atoms with Gasteiger partial charge in [-0.1, -0.05) is 30.3 Å². The minimum Gasteiger partial charge on any atom is -0.445 e. The summed E-state index contributed by atoms with van der Waals surface area (Å²) in [4.78, 5) is 28.3. The number of amides is 2. The first-order valence-electron chi connectivity index (χ1n) is 9.02. The summed E-state index contributed by atoms with van der Waals surface area (Å²) in [7, 11) is 0. The molecule has 1 heterocycles. The molecular formula is C19H25ClN2O3. The average molecular weight is 365 g/mol. The Hall–Kier alpha value is -1.75. The molecule has 0 radical (unpaired) electrons. The Kier molecular flexibility index (Phi) is 6.19. The van der Waals surface area contributed by atoms with E-state index in [4.69, 9.17) is 16.3 Å². The number of likely N-dealkylation sites (tertiary alicyclic amines) is 1. The van der Waals surface area contributed by atoms with E-state index in [2.05, 4.69) is 0 Å². The zero-order chi connectivity index (χ0) is 17.6. The Bertz CT molecular complexity index is 592. The van der Waals surface area contributed by atoms with Crippen LogP contribution < -0.4 is 0 Å². The van der Waals surface area contributed by atoms with Crippen LogP contribution in [-0.4, -0.2) is 52.9 Å². The molecule has 1 saturated heterocycles. The van der Waals surface area contributed by atoms with Gasteiger partial charge in [-0.2, -0.15) is 0 Å². The largest absolute Gasteiger partial charge is 0.445 e. The van der Waals surface area contributed by atoms with Crippen molar-refractivity contribution in [1.29, 1.82) is 0 Å². The number of carbonyl (C=O) groups is 2. The fraction of sp³-hybridized carbons (Fsp3) is 0.579. The number of carbonyl (C=O) groups excluding carboxylic acids is 2. The van der Waals surface area contributed by atoms with Crippen LogP contribution in [0.3, 0.4) is 0 Å². The lowest BCUT2D eigenvalue weighted by Crippen LogP contribution is -2.51. The van der Waals surface area contributed by atoms with Crippen molar-refractivity contribution in [2.75, 3.05) is 19.0 Å². The van der Waals surface area contributed by atoms with E-state index in [-0.39, 0.29) is 36.6 Å². The van der Waals surface area contributed by atoms with Gasteiger partial charge in [0.15, 0.2) is 0 Å². The maximum Gasteiger partial charge on any atom is 0.410 e. The van der Waals surface area contributed by atoms with E-state index in [9.17, 15) is 9.59 Å². The predicted octanol–water partition coefficient (Wildman–Crippen LogP) is 3.41. The zero-order valence-corrected chi connectivity index (χ0v) is 15.2. The van der Waals surface area contributed by atoms with E-state index in [1.165, 1.54) is 0 Å². The number of benzene rings is 1. The maximum absolute atomic E-state index is 12.6. The first-order chi connectivity index (χ1) is 12.2. The van der Waals surface area contributed by atoms with Crippen LogP contribution in [0.15, 0.2) is 30.3 Å². The fourth-order valence-corrected chi connectivity index (χ4v) is 3.54. The quantitative estimate of drug-likeness (QED) is 0.727. The van der Waals surface area contributed by atoms with E-state index in [0.717, 1.165) is 44.2 Å². The Labute approximate surface area is 153 Å². The van der Waals surface area contributed by atoms with Crippen LogP contribution in [0.5, 0.6) is 0 Å². The Morgan fingerprint density at radius 3 is 2.60 bits per heavy atom. The molecule has 136 valence electrons. The van der Waals surface area contributed by atoms with Crippen LogP contribution in [-0.2, 0) is 16.1 Å². The van der Waals surface area contributed by atoms with Crippen molar-refractivity contribution in [2.24, 2.45) is 0 Å². The molecule has 0 N–H and O–H groups in total. The molecule has 3 rings (SSSR count). The predicted molar refractivity (Wildman–Crippen MR) is 96.4 cm³/mol. The van der Waals surface area contributed by atoms with Crippen molar-refractivity contribution in [2.45, 2.75) is 50.8 Å². The van der Waals surface area contributed by atoms with E-state index in [0.29, 0.717) is 6.54 Å². The number of nitrogens with zero attached hydrogens (tertiary/aromatic N) is 2. The fourth-order valence-electron chi connectivity index (χ4n) is 3.38. The van der Waals surface area contributed by atoms with Gasteiger partial charge in [-0.05, 0) is 37.7 Å². The highest BCUT2D eigenvalue weighted by Crippen LogP contribution is 2.30. The molecule has 5 nitrogen and oxygen atoms in total. The smallest absolute Gasteiger partial charge is 0.410 e. The third-order valence-corrected chi connectivity index (χ3v) is 5.13. The molecule has 2 fully saturated rings. The second kappa shape index (κ2) is 8.56. The van der Waals surface area contributed by atoms with Gasteiger partial charge in [0.25, 0.3) is 0 Å². The van der Waals surface area contributed by atoms with Crippen molar-refractivity contribution in [3.63, 3.8) is 0 Å². The standard InChI is InChI=1S/C19H25ClN2O3/c20-12-18(23)21-11-5-4-8-17(21)13-22(16-9-10-16)19(24)25-14-15-6-2-1-3-7-15/h1-3,6-7,16-17H,4-5,8-14H2. The van der Waals surface area contributed by atoms with Gasteiger partial charge in [0, 0.05) is 25.2 Å². The van der Waals surface area contributed by atoms with Crippen LogP contribution in [0.4, 0.5) is 4.79 Å². The monoisotopic (exact) mass is 364 g/mol. The van der Waals surface area contributed by atoms with Crippen LogP contribution in [0, 0.1) is 0 Å². The first-order valence-corrected chi connectivity index (χ1v) is 9.55. The summed E-state index contributed by atoms with van der Waals surface area (Å²) in [6.07, 6.45) is 4.73. The lowest BCUT2D eigenvalue weighted by atomic mass is 10.0. The number of ether oxygens (including phenoxy) is 1. The molecular weight excluding hydrogens is 340 g/mol. The number of hydrogen-bond acceptors (Lipinski definition) is 3. The molecule has 1 aromatic carbocycles. The van der Waals surface area contributed by atoms with Crippen molar-refractivity contribution in [1.82, 2.24) is 9.80 Å². The Morgan fingerprint density at radius 1 is 1.16 bits per heavy atom. The summed E-state index contributed by atoms with van der Waals surface area (Å²) in [5.74, 6) is -0.0435. The number of piperidine rings is 1.